The van der Waals surface area contributed by atoms with Gasteiger partial charge >= 0.3 is 0 Å². The minimum Gasteiger partial charge on any atom is -0.347 e. The average molecular weight is 246 g/mol. The van der Waals surface area contributed by atoms with Crippen LogP contribution in [0.3, 0.4) is 0 Å². The van der Waals surface area contributed by atoms with Gasteiger partial charge in [0.15, 0.2) is 5.82 Å². The molecule has 0 fully saturated rings. The lowest BCUT2D eigenvalue weighted by Crippen LogP contribution is -2.41. The number of carbonyl (C=O) groups is 1. The lowest BCUT2D eigenvalue weighted by molar-refractivity contribution is -0.122. The summed E-state index contributed by atoms with van der Waals surface area (Å²) in [7, 11) is 0. The molecule has 0 aliphatic rings. The molecule has 0 aliphatic heterocycles. The fourth-order valence-corrected chi connectivity index (χ4v) is 1.52. The van der Waals surface area contributed by atoms with E-state index < -0.39 is 6.04 Å². The third-order valence-corrected chi connectivity index (χ3v) is 2.45. The van der Waals surface area contributed by atoms with Crippen molar-refractivity contribution in [3.05, 3.63) is 41.7 Å². The van der Waals surface area contributed by atoms with E-state index in [4.69, 9.17) is 5.73 Å². The standard InChI is InChI=1S/C11H14N6O/c12-9(6-8-4-2-1-3-5-8)11(18)13-7-10-14-16-17-15-10/h1-5,9H,6-7,12H2,(H,13,18)(H,14,15,16,17)/t9-/m1/s1. The normalized spacial score (nSPS) is 12.1. The van der Waals surface area contributed by atoms with E-state index >= 15 is 0 Å². The Morgan fingerprint density at radius 1 is 1.39 bits per heavy atom. The molecule has 1 aromatic carbocycles. The van der Waals surface area contributed by atoms with E-state index in [1.165, 1.54) is 0 Å². The van der Waals surface area contributed by atoms with Gasteiger partial charge in [-0.25, -0.2) is 0 Å². The molecular formula is C11H14N6O. The van der Waals surface area contributed by atoms with Gasteiger partial charge in [0, 0.05) is 0 Å². The van der Waals surface area contributed by atoms with Crippen molar-refractivity contribution in [2.24, 2.45) is 5.73 Å². The van der Waals surface area contributed by atoms with Crippen LogP contribution in [-0.4, -0.2) is 32.6 Å². The van der Waals surface area contributed by atoms with Crippen LogP contribution in [0.4, 0.5) is 0 Å². The monoisotopic (exact) mass is 246 g/mol. The lowest BCUT2D eigenvalue weighted by Gasteiger charge is -2.11. The molecule has 1 aromatic heterocycles. The summed E-state index contributed by atoms with van der Waals surface area (Å²) >= 11 is 0. The van der Waals surface area contributed by atoms with Crippen LogP contribution in [0.15, 0.2) is 30.3 Å². The number of nitrogens with one attached hydrogen (secondary N) is 2. The van der Waals surface area contributed by atoms with Crippen molar-refractivity contribution in [1.29, 1.82) is 0 Å². The number of carbonyl (C=O) groups excluding carboxylic acids is 1. The van der Waals surface area contributed by atoms with Crippen molar-refractivity contribution in [2.75, 3.05) is 0 Å². The zero-order chi connectivity index (χ0) is 12.8. The Morgan fingerprint density at radius 2 is 2.17 bits per heavy atom. The van der Waals surface area contributed by atoms with Gasteiger partial charge in [-0.2, -0.15) is 5.21 Å². The second-order valence-electron chi connectivity index (χ2n) is 3.84. The van der Waals surface area contributed by atoms with Crippen molar-refractivity contribution in [3.63, 3.8) is 0 Å². The van der Waals surface area contributed by atoms with Gasteiger partial charge in [0.1, 0.15) is 0 Å². The number of hydrogen-bond acceptors (Lipinski definition) is 5. The molecule has 0 bridgehead atoms. The molecule has 4 N–H and O–H groups in total. The molecule has 0 spiro atoms. The topological polar surface area (TPSA) is 110 Å². The second-order valence-corrected chi connectivity index (χ2v) is 3.84. The Morgan fingerprint density at radius 3 is 2.83 bits per heavy atom. The Balaban J connectivity index is 1.82. The van der Waals surface area contributed by atoms with Crippen molar-refractivity contribution in [2.45, 2.75) is 19.0 Å². The van der Waals surface area contributed by atoms with Gasteiger partial charge in [0.25, 0.3) is 0 Å². The largest absolute Gasteiger partial charge is 0.347 e. The van der Waals surface area contributed by atoms with Crippen LogP contribution in [0.2, 0.25) is 0 Å². The number of nitrogens with zero attached hydrogens (tertiary/aromatic N) is 3. The highest BCUT2D eigenvalue weighted by Gasteiger charge is 2.14. The van der Waals surface area contributed by atoms with Crippen molar-refractivity contribution in [1.82, 2.24) is 25.9 Å². The molecule has 18 heavy (non-hydrogen) atoms. The number of benzene rings is 1. The molecule has 2 aromatic rings. The molecule has 7 nitrogen and oxygen atoms in total. The van der Waals surface area contributed by atoms with Crippen LogP contribution in [-0.2, 0) is 17.8 Å². The average Bonchev–Trinajstić information content (AvgIpc) is 2.90. The van der Waals surface area contributed by atoms with Crippen LogP contribution >= 0.6 is 0 Å². The first kappa shape index (κ1) is 12.2. The molecule has 1 amide bonds. The molecule has 1 heterocycles. The maximum atomic E-state index is 11.7. The number of rotatable bonds is 5. The first-order chi connectivity index (χ1) is 8.75. The van der Waals surface area contributed by atoms with E-state index in [1.807, 2.05) is 30.3 Å². The molecule has 0 saturated carbocycles. The summed E-state index contributed by atoms with van der Waals surface area (Å²) in [6, 6.07) is 9.04. The van der Waals surface area contributed by atoms with Crippen LogP contribution in [0.5, 0.6) is 0 Å². The van der Waals surface area contributed by atoms with Gasteiger partial charge < -0.3 is 11.1 Å². The van der Waals surface area contributed by atoms with Gasteiger partial charge in [-0.1, -0.05) is 35.5 Å². The van der Waals surface area contributed by atoms with E-state index in [2.05, 4.69) is 25.9 Å². The number of amides is 1. The fraction of sp³-hybridized carbons (Fsp3) is 0.273. The van der Waals surface area contributed by atoms with Gasteiger partial charge in [0.2, 0.25) is 5.91 Å². The molecule has 2 rings (SSSR count). The summed E-state index contributed by atoms with van der Waals surface area (Å²) in [5.74, 6) is 0.193. The molecule has 1 atom stereocenters. The molecular weight excluding hydrogens is 232 g/mol. The van der Waals surface area contributed by atoms with E-state index in [1.54, 1.807) is 0 Å². The Hall–Kier alpha value is -2.28. The van der Waals surface area contributed by atoms with Crippen molar-refractivity contribution < 1.29 is 4.79 Å². The van der Waals surface area contributed by atoms with Gasteiger partial charge in [-0.05, 0) is 12.0 Å². The van der Waals surface area contributed by atoms with E-state index in [9.17, 15) is 4.79 Å². The van der Waals surface area contributed by atoms with Crippen LogP contribution in [0.25, 0.3) is 0 Å². The minimum absolute atomic E-state index is 0.220. The molecule has 94 valence electrons. The number of H-pyrrole nitrogens is 1. The van der Waals surface area contributed by atoms with Crippen molar-refractivity contribution in [3.8, 4) is 0 Å². The molecule has 0 aliphatic carbocycles. The van der Waals surface area contributed by atoms with Crippen LogP contribution < -0.4 is 11.1 Å². The van der Waals surface area contributed by atoms with E-state index in [-0.39, 0.29) is 12.5 Å². The SMILES string of the molecule is N[C@H](Cc1ccccc1)C(=O)NCc1nn[nH]n1. The summed E-state index contributed by atoms with van der Waals surface area (Å²) in [6.45, 7) is 0.220. The third kappa shape index (κ3) is 3.36. The summed E-state index contributed by atoms with van der Waals surface area (Å²) in [4.78, 5) is 11.7. The summed E-state index contributed by atoms with van der Waals surface area (Å²) < 4.78 is 0. The first-order valence-electron chi connectivity index (χ1n) is 5.55. The first-order valence-corrected chi connectivity index (χ1v) is 5.55. The predicted octanol–water partition coefficient (Wildman–Crippen LogP) is -0.614. The molecule has 0 unspecified atom stereocenters. The Bertz CT molecular complexity index is 483. The van der Waals surface area contributed by atoms with Gasteiger partial charge in [-0.15, -0.1) is 10.2 Å². The highest BCUT2D eigenvalue weighted by molar-refractivity contribution is 5.81. The maximum absolute atomic E-state index is 11.7. The Kier molecular flexibility index (Phi) is 3.98. The zero-order valence-electron chi connectivity index (χ0n) is 9.71. The van der Waals surface area contributed by atoms with Crippen LogP contribution in [0.1, 0.15) is 11.4 Å². The summed E-state index contributed by atoms with van der Waals surface area (Å²) in [5, 5.41) is 15.8. The van der Waals surface area contributed by atoms with Crippen molar-refractivity contribution >= 4 is 5.91 Å². The number of aromatic amines is 1. The molecule has 0 saturated heterocycles. The lowest BCUT2D eigenvalue weighted by atomic mass is 10.1. The highest BCUT2D eigenvalue weighted by atomic mass is 16.2. The van der Waals surface area contributed by atoms with Gasteiger partial charge in [-0.3, -0.25) is 4.79 Å². The smallest absolute Gasteiger partial charge is 0.237 e. The Labute approximate surface area is 104 Å². The van der Waals surface area contributed by atoms with Crippen LogP contribution in [0, 0.1) is 0 Å². The highest BCUT2D eigenvalue weighted by Crippen LogP contribution is 2.01. The number of nitrogens with two attached hydrogens (primary N) is 1. The zero-order valence-corrected chi connectivity index (χ0v) is 9.71. The van der Waals surface area contributed by atoms with E-state index in [0.29, 0.717) is 12.2 Å². The molecule has 7 heteroatoms. The predicted molar refractivity (Wildman–Crippen MR) is 64.1 cm³/mol. The van der Waals surface area contributed by atoms with E-state index in [0.717, 1.165) is 5.56 Å². The quantitative estimate of drug-likeness (QED) is 0.651. The number of hydrogen-bond donors (Lipinski definition) is 3. The third-order valence-electron chi connectivity index (χ3n) is 2.45. The summed E-state index contributed by atoms with van der Waals surface area (Å²) in [5.41, 5.74) is 6.84. The second kappa shape index (κ2) is 5.87. The number of tetrazole rings is 1. The summed E-state index contributed by atoms with van der Waals surface area (Å²) in [6.07, 6.45) is 0.499. The van der Waals surface area contributed by atoms with Gasteiger partial charge in [0.05, 0.1) is 12.6 Å². The fourth-order valence-electron chi connectivity index (χ4n) is 1.52. The molecule has 0 radical (unpaired) electrons. The minimum atomic E-state index is -0.584. The maximum Gasteiger partial charge on any atom is 0.237 e. The number of aromatic nitrogens is 4.